The minimum atomic E-state index is -2.20. The van der Waals surface area contributed by atoms with Crippen molar-refractivity contribution in [2.45, 2.75) is 43.5 Å². The molecule has 45 heavy (non-hydrogen) atoms. The van der Waals surface area contributed by atoms with E-state index < -0.39 is 48.7 Å². The molecule has 5 atom stereocenters. The predicted octanol–water partition coefficient (Wildman–Crippen LogP) is 1.53. The molecule has 1 saturated heterocycles. The smallest absolute Gasteiger partial charge is 0.344 e. The number of fused-ring (bicyclic) bond motifs is 1. The number of aliphatic carboxylic acids is 1. The van der Waals surface area contributed by atoms with Crippen molar-refractivity contribution >= 4 is 34.7 Å². The first-order chi connectivity index (χ1) is 21.6. The Kier molecular flexibility index (Phi) is 7.98. The fourth-order valence-corrected chi connectivity index (χ4v) is 5.51. The first-order valence-electron chi connectivity index (χ1n) is 13.5. The lowest BCUT2D eigenvalue weighted by Crippen LogP contribution is -2.45. The summed E-state index contributed by atoms with van der Waals surface area (Å²) in [4.78, 5) is 37.0. The second kappa shape index (κ2) is 11.9. The van der Waals surface area contributed by atoms with Gasteiger partial charge >= 0.3 is 11.9 Å². The Bertz CT molecular complexity index is 1870. The molecule has 1 aliphatic heterocycles. The summed E-state index contributed by atoms with van der Waals surface area (Å²) in [5, 5.41) is 55.2. The van der Waals surface area contributed by atoms with Crippen molar-refractivity contribution in [2.24, 2.45) is 0 Å². The number of carboxylic acid groups (broad SMARTS) is 2. The summed E-state index contributed by atoms with van der Waals surface area (Å²) in [6.45, 7) is 1.19. The van der Waals surface area contributed by atoms with Gasteiger partial charge in [0.25, 0.3) is 0 Å². The number of aliphatic hydroxyl groups is 2. The van der Waals surface area contributed by atoms with E-state index in [2.05, 4.69) is 35.6 Å². The third kappa shape index (κ3) is 5.49. The van der Waals surface area contributed by atoms with E-state index in [0.29, 0.717) is 27.9 Å². The highest BCUT2D eigenvalue weighted by atomic mass is 35.5. The topological polar surface area (TPSA) is 232 Å². The van der Waals surface area contributed by atoms with Crippen molar-refractivity contribution in [1.29, 1.82) is 0 Å². The van der Waals surface area contributed by atoms with Gasteiger partial charge < -0.3 is 29.9 Å². The number of hydrogen-bond acceptors (Lipinski definition) is 12. The number of tetrazole rings is 1. The maximum atomic E-state index is 12.8. The minimum absolute atomic E-state index is 0.0415. The van der Waals surface area contributed by atoms with Gasteiger partial charge in [-0.05, 0) is 41.3 Å². The van der Waals surface area contributed by atoms with Gasteiger partial charge in [-0.3, -0.25) is 4.57 Å². The third-order valence-corrected chi connectivity index (χ3v) is 7.77. The number of ether oxygens (including phenoxy) is 2. The number of nitrogens with one attached hydrogen (secondary N) is 1. The van der Waals surface area contributed by atoms with Gasteiger partial charge in [0.05, 0.1) is 24.2 Å². The lowest BCUT2D eigenvalue weighted by molar-refractivity contribution is -0.177. The highest BCUT2D eigenvalue weighted by Gasteiger charge is 2.50. The van der Waals surface area contributed by atoms with Gasteiger partial charge in [0, 0.05) is 6.42 Å². The van der Waals surface area contributed by atoms with Crippen molar-refractivity contribution < 1.29 is 39.5 Å². The molecule has 2 aromatic carbocycles. The summed E-state index contributed by atoms with van der Waals surface area (Å²) in [5.74, 6) is -2.82. The average Bonchev–Trinajstić information content (AvgIpc) is 3.77. The summed E-state index contributed by atoms with van der Waals surface area (Å²) in [5.41, 5.74) is 0.697. The molecular formula is C28H25ClN8O8. The maximum Gasteiger partial charge on any atom is 0.344 e. The minimum Gasteiger partial charge on any atom is -0.479 e. The highest BCUT2D eigenvalue weighted by Crippen LogP contribution is 2.35. The Balaban J connectivity index is 1.26. The molecule has 232 valence electrons. The quantitative estimate of drug-likeness (QED) is 0.137. The zero-order chi connectivity index (χ0) is 31.9. The number of carboxylic acids is 2. The van der Waals surface area contributed by atoms with Crippen LogP contribution in [0.1, 0.15) is 33.7 Å². The van der Waals surface area contributed by atoms with Crippen molar-refractivity contribution in [3.63, 3.8) is 0 Å². The zero-order valence-electron chi connectivity index (χ0n) is 23.4. The molecule has 0 bridgehead atoms. The number of aryl methyl sites for hydroxylation is 1. The molecule has 5 aromatic rings. The van der Waals surface area contributed by atoms with Crippen LogP contribution in [0.2, 0.25) is 5.28 Å². The molecule has 0 spiro atoms. The molecule has 5 N–H and O–H groups in total. The van der Waals surface area contributed by atoms with E-state index in [0.717, 1.165) is 0 Å². The van der Waals surface area contributed by atoms with Gasteiger partial charge in [0.1, 0.15) is 23.8 Å². The molecule has 16 nitrogen and oxygen atoms in total. The molecule has 1 unspecified atom stereocenters. The molecule has 3 aromatic heterocycles. The first kappa shape index (κ1) is 30.2. The van der Waals surface area contributed by atoms with Gasteiger partial charge in [-0.2, -0.15) is 10.2 Å². The van der Waals surface area contributed by atoms with Crippen LogP contribution >= 0.6 is 11.6 Å². The second-order valence-corrected chi connectivity index (χ2v) is 10.7. The molecule has 17 heteroatoms. The van der Waals surface area contributed by atoms with Gasteiger partial charge in [-0.25, -0.2) is 19.6 Å². The largest absolute Gasteiger partial charge is 0.479 e. The number of halogens is 1. The van der Waals surface area contributed by atoms with Crippen LogP contribution in [0.4, 0.5) is 0 Å². The molecule has 0 saturated carbocycles. The van der Waals surface area contributed by atoms with E-state index in [4.69, 9.17) is 21.1 Å². The van der Waals surface area contributed by atoms with Crippen LogP contribution in [0, 0.1) is 6.92 Å². The summed E-state index contributed by atoms with van der Waals surface area (Å²) in [6, 6.07) is 13.1. The monoisotopic (exact) mass is 636 g/mol. The number of aromatic nitrogens is 8. The average molecular weight is 637 g/mol. The summed E-state index contributed by atoms with van der Waals surface area (Å²) >= 11 is 6.02. The van der Waals surface area contributed by atoms with E-state index in [1.165, 1.54) is 17.0 Å². The van der Waals surface area contributed by atoms with Crippen molar-refractivity contribution in [1.82, 2.24) is 40.1 Å². The number of carbonyl (C=O) groups is 2. The molecule has 1 fully saturated rings. The van der Waals surface area contributed by atoms with E-state index >= 15 is 0 Å². The van der Waals surface area contributed by atoms with Crippen LogP contribution in [0.25, 0.3) is 22.3 Å². The Hall–Kier alpha value is -4.87. The summed E-state index contributed by atoms with van der Waals surface area (Å²) in [7, 11) is 0. The Labute approximate surface area is 258 Å². The van der Waals surface area contributed by atoms with Crippen LogP contribution in [0.15, 0.2) is 54.9 Å². The number of aromatic amines is 1. The SMILES string of the molecule is Cc1nc(Cl)nc2c1ncn2[C@@H]1O[C@H](COC(Cc2ccc(-c3ccccc3C(=O)O)cc2)(C(=O)O)c2nn[nH]n2)[C@@H](O)[C@H]1O. The Morgan fingerprint density at radius 3 is 2.53 bits per heavy atom. The molecule has 0 radical (unpaired) electrons. The normalized spacial score (nSPS) is 21.2. The van der Waals surface area contributed by atoms with E-state index in [1.54, 1.807) is 49.4 Å². The summed E-state index contributed by atoms with van der Waals surface area (Å²) < 4.78 is 13.3. The van der Waals surface area contributed by atoms with Crippen LogP contribution in [-0.2, 0) is 26.3 Å². The van der Waals surface area contributed by atoms with Crippen LogP contribution in [-0.4, -0.2) is 97.4 Å². The van der Waals surface area contributed by atoms with Gasteiger partial charge in [0.2, 0.25) is 16.7 Å². The number of nitrogens with zero attached hydrogens (tertiary/aromatic N) is 7. The van der Waals surface area contributed by atoms with Gasteiger partial charge in [-0.15, -0.1) is 10.2 Å². The number of imidazole rings is 1. The third-order valence-electron chi connectivity index (χ3n) is 7.60. The lowest BCUT2D eigenvalue weighted by Gasteiger charge is -2.28. The summed E-state index contributed by atoms with van der Waals surface area (Å²) in [6.07, 6.45) is -4.22. The van der Waals surface area contributed by atoms with E-state index in [-0.39, 0.29) is 28.7 Å². The predicted molar refractivity (Wildman–Crippen MR) is 153 cm³/mol. The molecule has 0 amide bonds. The van der Waals surface area contributed by atoms with Gasteiger partial charge in [-0.1, -0.05) is 47.7 Å². The first-order valence-corrected chi connectivity index (χ1v) is 13.9. The van der Waals surface area contributed by atoms with Crippen molar-refractivity contribution in [3.8, 4) is 11.1 Å². The fourth-order valence-electron chi connectivity index (χ4n) is 5.30. The zero-order valence-corrected chi connectivity index (χ0v) is 24.1. The number of aromatic carboxylic acids is 1. The molecule has 6 rings (SSSR count). The Morgan fingerprint density at radius 1 is 1.09 bits per heavy atom. The van der Waals surface area contributed by atoms with Crippen molar-refractivity contribution in [3.05, 3.63) is 82.8 Å². The number of benzene rings is 2. The second-order valence-electron chi connectivity index (χ2n) is 10.4. The van der Waals surface area contributed by atoms with E-state index in [9.17, 15) is 30.0 Å². The number of hydrogen-bond donors (Lipinski definition) is 5. The number of rotatable bonds is 10. The van der Waals surface area contributed by atoms with Crippen molar-refractivity contribution in [2.75, 3.05) is 6.61 Å². The fraction of sp³-hybridized carbons (Fsp3) is 0.286. The number of H-pyrrole nitrogens is 1. The maximum absolute atomic E-state index is 12.8. The van der Waals surface area contributed by atoms with E-state index in [1.807, 2.05) is 0 Å². The molecule has 4 heterocycles. The van der Waals surface area contributed by atoms with Crippen LogP contribution in [0.5, 0.6) is 0 Å². The molecular weight excluding hydrogens is 612 g/mol. The van der Waals surface area contributed by atoms with Gasteiger partial charge in [0.15, 0.2) is 11.9 Å². The lowest BCUT2D eigenvalue weighted by atomic mass is 9.91. The van der Waals surface area contributed by atoms with Crippen LogP contribution in [0.3, 0.4) is 0 Å². The molecule has 0 aliphatic carbocycles. The van der Waals surface area contributed by atoms with Crippen LogP contribution < -0.4 is 0 Å². The molecule has 1 aliphatic rings. The standard InChI is InChI=1S/C28H25ClN8O8/c1-13-19-22(32-27(29)31-13)37(12-30-19)23-21(39)20(38)18(45-23)11-44-28(26(42)43,25-33-35-36-34-25)10-14-6-8-15(9-7-14)16-4-2-3-5-17(16)24(40)41/h2-9,12,18,20-21,23,38-39H,10-11H2,1H3,(H,40,41)(H,42,43)(H,33,34,35,36)/t18-,20-,21-,23-,28?/m1/s1. The highest BCUT2D eigenvalue weighted by molar-refractivity contribution is 6.28. The number of aliphatic hydroxyl groups excluding tert-OH is 2. The Morgan fingerprint density at radius 2 is 1.84 bits per heavy atom.